The standard InChI is InChI=1S/C16H16FNO3S2/c17-14-7-5-12(6-8-14)16(19)13-3-1-9-18(11-13)23(20,21)15-4-2-10-22-15/h2,4-8,10,13H,1,3,9,11H2/t13-/m0/s1. The maximum absolute atomic E-state index is 13.0. The SMILES string of the molecule is O=C(c1ccc(F)cc1)[C@H]1CCCN(S(=O)(=O)c2cccs2)C1. The van der Waals surface area contributed by atoms with Crippen molar-refractivity contribution in [2.45, 2.75) is 17.1 Å². The van der Waals surface area contributed by atoms with E-state index in [4.69, 9.17) is 0 Å². The van der Waals surface area contributed by atoms with Crippen molar-refractivity contribution in [2.75, 3.05) is 13.1 Å². The lowest BCUT2D eigenvalue weighted by Crippen LogP contribution is -2.42. The number of ketones is 1. The summed E-state index contributed by atoms with van der Waals surface area (Å²) in [4.78, 5) is 12.5. The minimum absolute atomic E-state index is 0.129. The van der Waals surface area contributed by atoms with Crippen molar-refractivity contribution < 1.29 is 17.6 Å². The number of hydrogen-bond donors (Lipinski definition) is 0. The van der Waals surface area contributed by atoms with Crippen LogP contribution in [0.2, 0.25) is 0 Å². The highest BCUT2D eigenvalue weighted by atomic mass is 32.2. The molecule has 0 radical (unpaired) electrons. The van der Waals surface area contributed by atoms with E-state index in [1.54, 1.807) is 17.5 Å². The van der Waals surface area contributed by atoms with E-state index < -0.39 is 15.8 Å². The Morgan fingerprint density at radius 3 is 2.61 bits per heavy atom. The van der Waals surface area contributed by atoms with Crippen LogP contribution in [0.15, 0.2) is 46.0 Å². The predicted molar refractivity (Wildman–Crippen MR) is 86.5 cm³/mol. The summed E-state index contributed by atoms with van der Waals surface area (Å²) in [5.74, 6) is -0.910. The van der Waals surface area contributed by atoms with Crippen LogP contribution >= 0.6 is 11.3 Å². The van der Waals surface area contributed by atoms with Crippen molar-refractivity contribution in [3.05, 3.63) is 53.2 Å². The number of thiophene rings is 1. The largest absolute Gasteiger partial charge is 0.294 e. The number of Topliss-reactive ketones (excluding diaryl/α,β-unsaturated/α-hetero) is 1. The van der Waals surface area contributed by atoms with Crippen molar-refractivity contribution in [3.8, 4) is 0 Å². The molecule has 1 aromatic carbocycles. The fourth-order valence-electron chi connectivity index (χ4n) is 2.76. The molecule has 122 valence electrons. The second kappa shape index (κ2) is 6.51. The first-order chi connectivity index (χ1) is 11.0. The Kier molecular flexibility index (Phi) is 4.61. The van der Waals surface area contributed by atoms with Gasteiger partial charge in [0.1, 0.15) is 10.0 Å². The second-order valence-electron chi connectivity index (χ2n) is 5.51. The van der Waals surface area contributed by atoms with Crippen molar-refractivity contribution in [3.63, 3.8) is 0 Å². The molecule has 23 heavy (non-hydrogen) atoms. The van der Waals surface area contributed by atoms with E-state index in [-0.39, 0.29) is 18.2 Å². The summed E-state index contributed by atoms with van der Waals surface area (Å²) in [6.07, 6.45) is 1.29. The molecule has 1 atom stereocenters. The number of rotatable bonds is 4. The number of carbonyl (C=O) groups is 1. The molecule has 1 saturated heterocycles. The second-order valence-corrected chi connectivity index (χ2v) is 8.62. The molecule has 1 aliphatic heterocycles. The Morgan fingerprint density at radius 2 is 1.96 bits per heavy atom. The molecule has 2 heterocycles. The fraction of sp³-hybridized carbons (Fsp3) is 0.312. The average Bonchev–Trinajstić information content (AvgIpc) is 3.10. The van der Waals surface area contributed by atoms with Gasteiger partial charge in [0, 0.05) is 24.6 Å². The van der Waals surface area contributed by atoms with Crippen LogP contribution in [0, 0.1) is 11.7 Å². The average molecular weight is 353 g/mol. The van der Waals surface area contributed by atoms with Gasteiger partial charge >= 0.3 is 0 Å². The van der Waals surface area contributed by atoms with Gasteiger partial charge in [-0.3, -0.25) is 4.79 Å². The van der Waals surface area contributed by atoms with Gasteiger partial charge in [0.15, 0.2) is 5.78 Å². The Hall–Kier alpha value is -1.57. The van der Waals surface area contributed by atoms with Gasteiger partial charge in [0.2, 0.25) is 0 Å². The van der Waals surface area contributed by atoms with E-state index in [2.05, 4.69) is 0 Å². The van der Waals surface area contributed by atoms with Crippen molar-refractivity contribution >= 4 is 27.1 Å². The topological polar surface area (TPSA) is 54.5 Å². The highest BCUT2D eigenvalue weighted by Crippen LogP contribution is 2.28. The maximum atomic E-state index is 13.0. The molecule has 2 aromatic rings. The molecule has 0 unspecified atom stereocenters. The molecule has 1 fully saturated rings. The lowest BCUT2D eigenvalue weighted by Gasteiger charge is -2.30. The Balaban J connectivity index is 1.78. The van der Waals surface area contributed by atoms with E-state index in [1.165, 1.54) is 39.9 Å². The zero-order chi connectivity index (χ0) is 16.4. The lowest BCUT2D eigenvalue weighted by molar-refractivity contribution is 0.0872. The van der Waals surface area contributed by atoms with Crippen LogP contribution in [0.3, 0.4) is 0 Å². The van der Waals surface area contributed by atoms with Crippen LogP contribution in [-0.4, -0.2) is 31.6 Å². The van der Waals surface area contributed by atoms with Gasteiger partial charge in [-0.05, 0) is 48.6 Å². The normalized spacial score (nSPS) is 19.6. The molecule has 0 bridgehead atoms. The van der Waals surface area contributed by atoms with Gasteiger partial charge in [-0.25, -0.2) is 12.8 Å². The maximum Gasteiger partial charge on any atom is 0.252 e. The molecular weight excluding hydrogens is 337 g/mol. The smallest absolute Gasteiger partial charge is 0.252 e. The fourth-order valence-corrected chi connectivity index (χ4v) is 5.43. The molecule has 4 nitrogen and oxygen atoms in total. The first-order valence-electron chi connectivity index (χ1n) is 7.32. The van der Waals surface area contributed by atoms with E-state index in [0.29, 0.717) is 29.2 Å². The summed E-state index contributed by atoms with van der Waals surface area (Å²) in [6, 6.07) is 8.66. The third-order valence-electron chi connectivity index (χ3n) is 3.97. The highest BCUT2D eigenvalue weighted by Gasteiger charge is 2.34. The number of carbonyl (C=O) groups excluding carboxylic acids is 1. The molecule has 3 rings (SSSR count). The van der Waals surface area contributed by atoms with Gasteiger partial charge in [0.25, 0.3) is 10.0 Å². The number of piperidine rings is 1. The van der Waals surface area contributed by atoms with Crippen molar-refractivity contribution in [1.82, 2.24) is 4.31 Å². The van der Waals surface area contributed by atoms with Crippen LogP contribution in [-0.2, 0) is 10.0 Å². The molecular formula is C16H16FNO3S2. The first-order valence-corrected chi connectivity index (χ1v) is 9.64. The number of nitrogens with zero attached hydrogens (tertiary/aromatic N) is 1. The molecule has 0 aliphatic carbocycles. The van der Waals surface area contributed by atoms with Crippen molar-refractivity contribution in [2.24, 2.45) is 5.92 Å². The first kappa shape index (κ1) is 16.3. The summed E-state index contributed by atoms with van der Waals surface area (Å²) >= 11 is 1.17. The monoisotopic (exact) mass is 353 g/mol. The van der Waals surface area contributed by atoms with Gasteiger partial charge in [-0.15, -0.1) is 11.3 Å². The summed E-state index contributed by atoms with van der Waals surface area (Å²) < 4.78 is 39.8. The Bertz CT molecular complexity index is 785. The van der Waals surface area contributed by atoms with E-state index in [0.717, 1.165) is 0 Å². The van der Waals surface area contributed by atoms with Crippen LogP contribution in [0.4, 0.5) is 4.39 Å². The zero-order valence-corrected chi connectivity index (χ0v) is 13.9. The van der Waals surface area contributed by atoms with E-state index in [9.17, 15) is 17.6 Å². The predicted octanol–water partition coefficient (Wildman–Crippen LogP) is 3.17. The van der Waals surface area contributed by atoms with Crippen LogP contribution in [0.1, 0.15) is 23.2 Å². The molecule has 1 aliphatic rings. The third kappa shape index (κ3) is 3.36. The highest BCUT2D eigenvalue weighted by molar-refractivity contribution is 7.91. The number of benzene rings is 1. The van der Waals surface area contributed by atoms with Crippen LogP contribution in [0.5, 0.6) is 0 Å². The molecule has 0 spiro atoms. The Labute approximate surface area is 138 Å². The van der Waals surface area contributed by atoms with Crippen LogP contribution < -0.4 is 0 Å². The van der Waals surface area contributed by atoms with Crippen molar-refractivity contribution in [1.29, 1.82) is 0 Å². The number of halogens is 1. The molecule has 0 saturated carbocycles. The number of sulfonamides is 1. The molecule has 0 amide bonds. The Morgan fingerprint density at radius 1 is 1.22 bits per heavy atom. The number of hydrogen-bond acceptors (Lipinski definition) is 4. The third-order valence-corrected chi connectivity index (χ3v) is 7.21. The zero-order valence-electron chi connectivity index (χ0n) is 12.3. The molecule has 1 aromatic heterocycles. The summed E-state index contributed by atoms with van der Waals surface area (Å²) in [7, 11) is -3.53. The van der Waals surface area contributed by atoms with E-state index >= 15 is 0 Å². The summed E-state index contributed by atoms with van der Waals surface area (Å²) in [5, 5.41) is 1.72. The van der Waals surface area contributed by atoms with Gasteiger partial charge < -0.3 is 0 Å². The summed E-state index contributed by atoms with van der Waals surface area (Å²) in [5.41, 5.74) is 0.423. The van der Waals surface area contributed by atoms with Crippen LogP contribution in [0.25, 0.3) is 0 Å². The lowest BCUT2D eigenvalue weighted by atomic mass is 9.91. The van der Waals surface area contributed by atoms with Gasteiger partial charge in [-0.2, -0.15) is 4.31 Å². The van der Waals surface area contributed by atoms with E-state index in [1.807, 2.05) is 0 Å². The summed E-state index contributed by atoms with van der Waals surface area (Å²) in [6.45, 7) is 0.601. The quantitative estimate of drug-likeness (QED) is 0.794. The van der Waals surface area contributed by atoms with Gasteiger partial charge in [0.05, 0.1) is 0 Å². The molecule has 0 N–H and O–H groups in total. The molecule has 7 heteroatoms. The van der Waals surface area contributed by atoms with Gasteiger partial charge in [-0.1, -0.05) is 6.07 Å². The minimum atomic E-state index is -3.53. The minimum Gasteiger partial charge on any atom is -0.294 e.